The summed E-state index contributed by atoms with van der Waals surface area (Å²) in [4.78, 5) is 32.8. The van der Waals surface area contributed by atoms with Gasteiger partial charge >= 0.3 is 0 Å². The van der Waals surface area contributed by atoms with Crippen molar-refractivity contribution >= 4 is 24.0 Å². The highest BCUT2D eigenvalue weighted by molar-refractivity contribution is 7.99. The average molecular weight is 312 g/mol. The smallest absolute Gasteiger partial charge is 0.251 e. The van der Waals surface area contributed by atoms with Gasteiger partial charge in [-0.15, -0.1) is 0 Å². The van der Waals surface area contributed by atoms with Gasteiger partial charge in [0.25, 0.3) is 11.1 Å². The van der Waals surface area contributed by atoms with Crippen molar-refractivity contribution in [2.45, 2.75) is 24.9 Å². The van der Waals surface area contributed by atoms with Gasteiger partial charge in [-0.25, -0.2) is 4.98 Å². The summed E-state index contributed by atoms with van der Waals surface area (Å²) < 4.78 is 0.359. The molecule has 108 valence electrons. The van der Waals surface area contributed by atoms with Crippen LogP contribution in [0.2, 0.25) is 0 Å². The highest BCUT2D eigenvalue weighted by atomic mass is 32.2. The fourth-order valence-corrected chi connectivity index (χ4v) is 2.22. The molecule has 0 amide bonds. The van der Waals surface area contributed by atoms with Crippen LogP contribution < -0.4 is 11.1 Å². The fourth-order valence-electron chi connectivity index (χ4n) is 1.12. The normalized spacial score (nSPS) is 9.65. The lowest BCUT2D eigenvalue weighted by atomic mass is 10.4. The van der Waals surface area contributed by atoms with Crippen LogP contribution in [0.5, 0.6) is 0 Å². The Kier molecular flexibility index (Phi) is 7.59. The molecule has 0 fully saturated rings. The molecule has 20 heavy (non-hydrogen) atoms. The molecule has 8 heteroatoms. The second-order valence-corrected chi connectivity index (χ2v) is 5.23. The molecule has 0 radical (unpaired) electrons. The molecule has 2 heterocycles. The molecule has 0 saturated heterocycles. The van der Waals surface area contributed by atoms with E-state index >= 15 is 0 Å². The number of unbranched alkanes of at least 4 members (excludes halogenated alkanes) is 1. The van der Waals surface area contributed by atoms with Crippen molar-refractivity contribution in [2.24, 2.45) is 0 Å². The lowest BCUT2D eigenvalue weighted by Crippen LogP contribution is -2.05. The molecule has 0 aliphatic rings. The van der Waals surface area contributed by atoms with Crippen molar-refractivity contribution < 1.29 is 0 Å². The van der Waals surface area contributed by atoms with Gasteiger partial charge in [0, 0.05) is 30.3 Å². The van der Waals surface area contributed by atoms with E-state index < -0.39 is 0 Å². The first-order valence-electron chi connectivity index (χ1n) is 6.08. The Hall–Kier alpha value is -1.67. The number of nitrogens with zero attached hydrogens (tertiary/aromatic N) is 1. The molecule has 2 aromatic rings. The number of aromatic amines is 3. The van der Waals surface area contributed by atoms with E-state index in [0.29, 0.717) is 4.77 Å². The first-order valence-corrected chi connectivity index (χ1v) is 7.47. The maximum atomic E-state index is 10.8. The molecule has 0 bridgehead atoms. The van der Waals surface area contributed by atoms with E-state index in [0.717, 1.165) is 17.3 Å². The Balaban J connectivity index is 0.000000217. The van der Waals surface area contributed by atoms with E-state index in [4.69, 9.17) is 0 Å². The molecule has 0 aliphatic carbocycles. The molecule has 2 rings (SSSR count). The lowest BCUT2D eigenvalue weighted by molar-refractivity contribution is 0.884. The summed E-state index contributed by atoms with van der Waals surface area (Å²) in [6.45, 7) is 2.14. The molecular formula is C12H16N4O2S2. The van der Waals surface area contributed by atoms with Crippen LogP contribution in [0, 0.1) is 4.77 Å². The summed E-state index contributed by atoms with van der Waals surface area (Å²) in [5.74, 6) is 1.02. The number of thioether (sulfide) groups is 1. The minimum absolute atomic E-state index is 0.0796. The van der Waals surface area contributed by atoms with Gasteiger partial charge in [0.05, 0.1) is 0 Å². The number of hydrogen-bond acceptors (Lipinski definition) is 5. The van der Waals surface area contributed by atoms with Crippen molar-refractivity contribution in [1.29, 1.82) is 0 Å². The zero-order valence-corrected chi connectivity index (χ0v) is 12.6. The van der Waals surface area contributed by atoms with Gasteiger partial charge in [-0.05, 0) is 18.6 Å². The van der Waals surface area contributed by atoms with Crippen molar-refractivity contribution in [3.05, 3.63) is 50.0 Å². The van der Waals surface area contributed by atoms with E-state index in [2.05, 4.69) is 39.1 Å². The average Bonchev–Trinajstić information content (AvgIpc) is 2.39. The van der Waals surface area contributed by atoms with Crippen molar-refractivity contribution in [3.63, 3.8) is 0 Å². The molecule has 0 saturated carbocycles. The van der Waals surface area contributed by atoms with Crippen LogP contribution in [0.25, 0.3) is 0 Å². The third-order valence-corrected chi connectivity index (χ3v) is 3.26. The van der Waals surface area contributed by atoms with Gasteiger partial charge in [-0.2, -0.15) is 0 Å². The van der Waals surface area contributed by atoms with Crippen LogP contribution in [-0.2, 0) is 0 Å². The summed E-state index contributed by atoms with van der Waals surface area (Å²) in [6, 6.07) is 2.79. The molecule has 0 aliphatic heterocycles. The van der Waals surface area contributed by atoms with Gasteiger partial charge in [-0.1, -0.05) is 25.1 Å². The quantitative estimate of drug-likeness (QED) is 0.348. The van der Waals surface area contributed by atoms with Crippen LogP contribution in [0.4, 0.5) is 0 Å². The zero-order valence-electron chi connectivity index (χ0n) is 11.0. The van der Waals surface area contributed by atoms with E-state index in [9.17, 15) is 9.59 Å². The maximum Gasteiger partial charge on any atom is 0.251 e. The number of hydrogen-bond donors (Lipinski definition) is 3. The minimum atomic E-state index is -0.172. The van der Waals surface area contributed by atoms with Gasteiger partial charge in [-0.3, -0.25) is 14.6 Å². The Morgan fingerprint density at radius 2 is 2.00 bits per heavy atom. The molecule has 3 N–H and O–H groups in total. The van der Waals surface area contributed by atoms with E-state index in [1.807, 2.05) is 0 Å². The van der Waals surface area contributed by atoms with Crippen LogP contribution in [-0.4, -0.2) is 25.7 Å². The molecular weight excluding hydrogens is 296 g/mol. The zero-order chi connectivity index (χ0) is 14.8. The predicted octanol–water partition coefficient (Wildman–Crippen LogP) is 2.09. The molecule has 0 unspecified atom stereocenters. The summed E-state index contributed by atoms with van der Waals surface area (Å²) in [5.41, 5.74) is -0.252. The van der Waals surface area contributed by atoms with Crippen molar-refractivity contribution in [1.82, 2.24) is 19.9 Å². The third kappa shape index (κ3) is 7.05. The van der Waals surface area contributed by atoms with Gasteiger partial charge in [0.1, 0.15) is 0 Å². The summed E-state index contributed by atoms with van der Waals surface area (Å²) >= 11 is 6.18. The Labute approximate surface area is 125 Å². The molecule has 0 atom stereocenters. The third-order valence-electron chi connectivity index (χ3n) is 2.07. The summed E-state index contributed by atoms with van der Waals surface area (Å²) in [7, 11) is 0. The van der Waals surface area contributed by atoms with Gasteiger partial charge in [0.15, 0.2) is 9.93 Å². The first-order chi connectivity index (χ1) is 9.61. The van der Waals surface area contributed by atoms with Crippen LogP contribution in [0.15, 0.2) is 39.3 Å². The summed E-state index contributed by atoms with van der Waals surface area (Å²) in [5, 5.41) is 0.718. The molecule has 6 nitrogen and oxygen atoms in total. The topological polar surface area (TPSA) is 94.4 Å². The van der Waals surface area contributed by atoms with Crippen LogP contribution >= 0.6 is 24.0 Å². The lowest BCUT2D eigenvalue weighted by Gasteiger charge is -1.96. The molecule has 0 aromatic carbocycles. The van der Waals surface area contributed by atoms with Crippen LogP contribution in [0.3, 0.4) is 0 Å². The Morgan fingerprint density at radius 3 is 2.55 bits per heavy atom. The maximum absolute atomic E-state index is 10.8. The number of H-pyrrole nitrogens is 3. The monoisotopic (exact) mass is 312 g/mol. The SMILES string of the molecule is CCCCSc1nccc(=O)[nH]1.O=c1cc[nH]c(=S)[nH]1. The van der Waals surface area contributed by atoms with Crippen LogP contribution in [0.1, 0.15) is 19.8 Å². The van der Waals surface area contributed by atoms with Crippen molar-refractivity contribution in [3.8, 4) is 0 Å². The largest absolute Gasteiger partial charge is 0.339 e. The highest BCUT2D eigenvalue weighted by Gasteiger charge is 1.94. The summed E-state index contributed by atoms with van der Waals surface area (Å²) in [6.07, 6.45) is 5.36. The standard InChI is InChI=1S/C8H12N2OS.C4H4N2OS/c1-2-3-6-12-8-9-5-4-7(11)10-8;7-3-1-2-5-4(8)6-3/h4-5H,2-3,6H2,1H3,(H,9,10,11);1-2H,(H2,5,6,7,8). The number of aromatic nitrogens is 4. The van der Waals surface area contributed by atoms with E-state index in [1.165, 1.54) is 30.9 Å². The Bertz CT molecular complexity index is 652. The van der Waals surface area contributed by atoms with E-state index in [-0.39, 0.29) is 11.1 Å². The Morgan fingerprint density at radius 1 is 1.25 bits per heavy atom. The first kappa shape index (κ1) is 16.4. The van der Waals surface area contributed by atoms with E-state index in [1.54, 1.807) is 11.8 Å². The minimum Gasteiger partial charge on any atom is -0.339 e. The number of nitrogens with one attached hydrogen (secondary N) is 3. The van der Waals surface area contributed by atoms with Gasteiger partial charge in [0.2, 0.25) is 0 Å². The highest BCUT2D eigenvalue weighted by Crippen LogP contribution is 2.11. The fraction of sp³-hybridized carbons (Fsp3) is 0.333. The second-order valence-electron chi connectivity index (χ2n) is 3.74. The van der Waals surface area contributed by atoms with Crippen molar-refractivity contribution in [2.75, 3.05) is 5.75 Å². The molecule has 2 aromatic heterocycles. The predicted molar refractivity (Wildman–Crippen MR) is 82.7 cm³/mol. The number of rotatable bonds is 4. The molecule has 0 spiro atoms. The van der Waals surface area contributed by atoms with Gasteiger partial charge < -0.3 is 9.97 Å². The second kappa shape index (κ2) is 9.27.